The number of carboxylic acids is 1. The summed E-state index contributed by atoms with van der Waals surface area (Å²) in [6.07, 6.45) is -0.562. The molecule has 1 saturated carbocycles. The number of amides is 1. The molecular weight excluding hydrogens is 248 g/mol. The molecule has 1 amide bonds. The maximum Gasteiger partial charge on any atom is 0.353 e. The van der Waals surface area contributed by atoms with Crippen LogP contribution in [0.5, 0.6) is 0 Å². The van der Waals surface area contributed by atoms with E-state index >= 15 is 0 Å². The van der Waals surface area contributed by atoms with Crippen molar-refractivity contribution in [3.05, 3.63) is 11.8 Å². The van der Waals surface area contributed by atoms with Crippen LogP contribution >= 0.6 is 0 Å². The molecular formula is C10H11F2N3O3. The van der Waals surface area contributed by atoms with Gasteiger partial charge in [-0.05, 0) is 5.92 Å². The van der Waals surface area contributed by atoms with Crippen molar-refractivity contribution in [2.45, 2.75) is 25.2 Å². The molecule has 0 aromatic carbocycles. The number of carbonyl (C=O) groups excluding carboxylic acids is 1. The smallest absolute Gasteiger partial charge is 0.353 e. The van der Waals surface area contributed by atoms with Crippen LogP contribution in [0, 0.1) is 5.92 Å². The molecule has 1 aromatic rings. The highest BCUT2D eigenvalue weighted by atomic mass is 19.3. The summed E-state index contributed by atoms with van der Waals surface area (Å²) in [6, 6.07) is 1.16. The first-order valence-electron chi connectivity index (χ1n) is 5.32. The summed E-state index contributed by atoms with van der Waals surface area (Å²) in [4.78, 5) is 22.0. The number of H-pyrrole nitrogens is 1. The van der Waals surface area contributed by atoms with E-state index in [-0.39, 0.29) is 36.7 Å². The zero-order valence-corrected chi connectivity index (χ0v) is 9.24. The van der Waals surface area contributed by atoms with Crippen LogP contribution in [0.3, 0.4) is 0 Å². The number of hydrogen-bond donors (Lipinski definition) is 3. The van der Waals surface area contributed by atoms with Crippen molar-refractivity contribution in [2.24, 2.45) is 5.92 Å². The Morgan fingerprint density at radius 1 is 1.56 bits per heavy atom. The summed E-state index contributed by atoms with van der Waals surface area (Å²) >= 11 is 0. The number of alkyl halides is 2. The summed E-state index contributed by atoms with van der Waals surface area (Å²) in [7, 11) is 0. The Bertz CT molecular complexity index is 478. The Morgan fingerprint density at radius 3 is 2.72 bits per heavy atom. The van der Waals surface area contributed by atoms with E-state index in [0.29, 0.717) is 0 Å². The van der Waals surface area contributed by atoms with Crippen molar-refractivity contribution in [1.29, 1.82) is 0 Å². The molecule has 1 aromatic heterocycles. The summed E-state index contributed by atoms with van der Waals surface area (Å²) in [5.74, 6) is -4.53. The summed E-state index contributed by atoms with van der Waals surface area (Å²) in [6.45, 7) is 0. The van der Waals surface area contributed by atoms with Gasteiger partial charge in [0.15, 0.2) is 5.82 Å². The van der Waals surface area contributed by atoms with Gasteiger partial charge in [-0.3, -0.25) is 9.89 Å². The number of halogens is 2. The summed E-state index contributed by atoms with van der Waals surface area (Å²) in [5.41, 5.74) is -0.152. The average Bonchev–Trinajstić information content (AvgIpc) is 2.63. The van der Waals surface area contributed by atoms with Crippen molar-refractivity contribution in [1.82, 2.24) is 10.2 Å². The molecule has 3 N–H and O–H groups in total. The molecule has 1 aliphatic carbocycles. The van der Waals surface area contributed by atoms with Crippen LogP contribution in [-0.2, 0) is 4.79 Å². The van der Waals surface area contributed by atoms with Crippen molar-refractivity contribution in [3.63, 3.8) is 0 Å². The minimum atomic E-state index is -2.65. The largest absolute Gasteiger partial charge is 0.477 e. The first-order valence-corrected chi connectivity index (χ1v) is 5.32. The van der Waals surface area contributed by atoms with Crippen LogP contribution in [0.2, 0.25) is 0 Å². The molecule has 0 unspecified atom stereocenters. The van der Waals surface area contributed by atoms with E-state index in [2.05, 4.69) is 15.5 Å². The van der Waals surface area contributed by atoms with Crippen molar-refractivity contribution < 1.29 is 23.5 Å². The van der Waals surface area contributed by atoms with Crippen molar-refractivity contribution in [3.8, 4) is 0 Å². The van der Waals surface area contributed by atoms with Gasteiger partial charge in [-0.1, -0.05) is 0 Å². The zero-order valence-electron chi connectivity index (χ0n) is 9.24. The Kier molecular flexibility index (Phi) is 3.02. The van der Waals surface area contributed by atoms with Gasteiger partial charge in [-0.2, -0.15) is 5.10 Å². The molecule has 18 heavy (non-hydrogen) atoms. The molecule has 0 aliphatic heterocycles. The number of carbonyl (C=O) groups is 2. The quantitative estimate of drug-likeness (QED) is 0.763. The highest BCUT2D eigenvalue weighted by Crippen LogP contribution is 2.44. The lowest BCUT2D eigenvalue weighted by Gasteiger charge is -2.34. The molecule has 0 atom stereocenters. The molecule has 98 valence electrons. The first kappa shape index (κ1) is 12.5. The highest BCUT2D eigenvalue weighted by Gasteiger charge is 2.45. The number of rotatable bonds is 4. The van der Waals surface area contributed by atoms with Crippen molar-refractivity contribution >= 4 is 17.7 Å². The average molecular weight is 259 g/mol. The molecule has 8 heteroatoms. The van der Waals surface area contributed by atoms with E-state index in [4.69, 9.17) is 5.11 Å². The van der Waals surface area contributed by atoms with Crippen molar-refractivity contribution in [2.75, 3.05) is 5.32 Å². The van der Waals surface area contributed by atoms with E-state index in [1.165, 1.54) is 0 Å². The molecule has 0 spiro atoms. The fourth-order valence-electron chi connectivity index (χ4n) is 1.88. The van der Waals surface area contributed by atoms with Gasteiger partial charge >= 0.3 is 5.97 Å². The highest BCUT2D eigenvalue weighted by molar-refractivity contribution is 5.92. The normalized spacial score (nSPS) is 18.1. The molecule has 6 nitrogen and oxygen atoms in total. The number of aromatic nitrogens is 2. The van der Waals surface area contributed by atoms with Gasteiger partial charge in [-0.15, -0.1) is 0 Å². The number of aromatic carboxylic acids is 1. The molecule has 2 rings (SSSR count). The second kappa shape index (κ2) is 4.35. The van der Waals surface area contributed by atoms with E-state index in [1.54, 1.807) is 0 Å². The molecule has 0 bridgehead atoms. The minimum Gasteiger partial charge on any atom is -0.477 e. The van der Waals surface area contributed by atoms with Crippen LogP contribution in [-0.4, -0.2) is 33.1 Å². The third-order valence-electron chi connectivity index (χ3n) is 2.72. The fourth-order valence-corrected chi connectivity index (χ4v) is 1.88. The van der Waals surface area contributed by atoms with Crippen LogP contribution in [0.25, 0.3) is 0 Å². The Morgan fingerprint density at radius 2 is 2.22 bits per heavy atom. The lowest BCUT2D eigenvalue weighted by Crippen LogP contribution is -2.37. The van der Waals surface area contributed by atoms with E-state index < -0.39 is 17.8 Å². The second-order valence-electron chi connectivity index (χ2n) is 4.35. The number of aromatic amines is 1. The van der Waals surface area contributed by atoms with E-state index in [1.807, 2.05) is 0 Å². The fraction of sp³-hybridized carbons (Fsp3) is 0.500. The number of nitrogens with zero attached hydrogens (tertiary/aromatic N) is 1. The standard InChI is InChI=1S/C10H11F2N3O3/c11-10(12)3-5(4-10)1-8(16)13-7-2-6(9(17)18)14-15-7/h2,5H,1,3-4H2,(H,17,18)(H2,13,14,15,16). The Labute approximate surface area is 100 Å². The van der Waals surface area contributed by atoms with Gasteiger partial charge in [-0.25, -0.2) is 13.6 Å². The van der Waals surface area contributed by atoms with E-state index in [0.717, 1.165) is 6.07 Å². The van der Waals surface area contributed by atoms with Gasteiger partial charge < -0.3 is 10.4 Å². The molecule has 1 heterocycles. The Balaban J connectivity index is 1.82. The lowest BCUT2D eigenvalue weighted by atomic mass is 9.79. The lowest BCUT2D eigenvalue weighted by molar-refractivity contribution is -0.129. The second-order valence-corrected chi connectivity index (χ2v) is 4.35. The van der Waals surface area contributed by atoms with Gasteiger partial charge in [0.2, 0.25) is 11.8 Å². The van der Waals surface area contributed by atoms with Gasteiger partial charge in [0.05, 0.1) is 0 Å². The monoisotopic (exact) mass is 259 g/mol. The Hall–Kier alpha value is -1.99. The number of anilines is 1. The number of nitrogens with one attached hydrogen (secondary N) is 2. The van der Waals surface area contributed by atoms with Gasteiger partial charge in [0, 0.05) is 25.3 Å². The zero-order chi connectivity index (χ0) is 13.3. The number of hydrogen-bond acceptors (Lipinski definition) is 3. The SMILES string of the molecule is O=C(CC1CC(F)(F)C1)Nc1cc(C(=O)O)[nH]n1. The predicted octanol–water partition coefficient (Wildman–Crippen LogP) is 1.48. The summed E-state index contributed by atoms with van der Waals surface area (Å²) in [5, 5.41) is 16.8. The van der Waals surface area contributed by atoms with Gasteiger partial charge in [0.1, 0.15) is 5.69 Å². The minimum absolute atomic E-state index is 0.00907. The maximum absolute atomic E-state index is 12.5. The molecule has 0 saturated heterocycles. The first-order chi connectivity index (χ1) is 8.35. The number of carboxylic acid groups (broad SMARTS) is 1. The molecule has 0 radical (unpaired) electrons. The van der Waals surface area contributed by atoms with Gasteiger partial charge in [0.25, 0.3) is 0 Å². The van der Waals surface area contributed by atoms with Crippen LogP contribution in [0.15, 0.2) is 6.07 Å². The molecule has 1 fully saturated rings. The van der Waals surface area contributed by atoms with Crippen LogP contribution < -0.4 is 5.32 Å². The summed E-state index contributed by atoms with van der Waals surface area (Å²) < 4.78 is 25.1. The third kappa shape index (κ3) is 2.82. The predicted molar refractivity (Wildman–Crippen MR) is 56.5 cm³/mol. The third-order valence-corrected chi connectivity index (χ3v) is 2.72. The maximum atomic E-state index is 12.5. The van der Waals surface area contributed by atoms with Crippen LogP contribution in [0.4, 0.5) is 14.6 Å². The molecule has 1 aliphatic rings. The van der Waals surface area contributed by atoms with E-state index in [9.17, 15) is 18.4 Å². The van der Waals surface area contributed by atoms with Crippen LogP contribution in [0.1, 0.15) is 29.8 Å². The topological polar surface area (TPSA) is 95.1 Å².